The van der Waals surface area contributed by atoms with Crippen molar-refractivity contribution in [2.45, 2.75) is 19.0 Å². The van der Waals surface area contributed by atoms with Crippen molar-refractivity contribution in [3.05, 3.63) is 29.8 Å². The molecular weight excluding hydrogens is 313 g/mol. The number of halogens is 2. The Morgan fingerprint density at radius 1 is 1.38 bits per heavy atom. The second kappa shape index (κ2) is 10.7. The second-order valence-corrected chi connectivity index (χ2v) is 4.79. The monoisotopic (exact) mass is 337 g/mol. The first kappa shape index (κ1) is 22.3. The summed E-state index contributed by atoms with van der Waals surface area (Å²) in [5.74, 6) is 0.664. The number of methoxy groups -OCH3 is 1. The maximum Gasteiger partial charge on any atom is 0.236 e. The maximum absolute atomic E-state index is 11.5. The maximum atomic E-state index is 11.5. The lowest BCUT2D eigenvalue weighted by atomic mass is 10.1. The van der Waals surface area contributed by atoms with Crippen LogP contribution in [0.25, 0.3) is 0 Å². The molecule has 1 unspecified atom stereocenters. The van der Waals surface area contributed by atoms with Crippen LogP contribution >= 0.6 is 24.8 Å². The molecule has 0 saturated heterocycles. The van der Waals surface area contributed by atoms with Crippen molar-refractivity contribution in [2.24, 2.45) is 5.73 Å². The number of benzene rings is 1. The Morgan fingerprint density at radius 2 is 2.00 bits per heavy atom. The Hall–Kier alpha value is -1.01. The van der Waals surface area contributed by atoms with E-state index >= 15 is 0 Å². The number of carbonyl (C=O) groups excluding carboxylic acids is 1. The standard InChI is InChI=1S/C14H23N3O2.2ClH/c1-10(15)14(18)16-9-13(17(2)3)11-6-5-7-12(8-11)19-4;;/h5-8,10,13H,9,15H2,1-4H3,(H,16,18);2*1H/t10-,13?;;/m0../s1. The lowest BCUT2D eigenvalue weighted by molar-refractivity contribution is -0.122. The average molecular weight is 338 g/mol. The van der Waals surface area contributed by atoms with Crippen molar-refractivity contribution >= 4 is 30.7 Å². The predicted molar refractivity (Wildman–Crippen MR) is 90.6 cm³/mol. The number of nitrogens with zero attached hydrogens (tertiary/aromatic N) is 1. The third-order valence-corrected chi connectivity index (χ3v) is 2.99. The van der Waals surface area contributed by atoms with Gasteiger partial charge in [0.1, 0.15) is 5.75 Å². The smallest absolute Gasteiger partial charge is 0.236 e. The van der Waals surface area contributed by atoms with Gasteiger partial charge in [0.2, 0.25) is 5.91 Å². The van der Waals surface area contributed by atoms with Gasteiger partial charge in [-0.25, -0.2) is 0 Å². The van der Waals surface area contributed by atoms with Crippen LogP contribution in [0.1, 0.15) is 18.5 Å². The van der Waals surface area contributed by atoms with Crippen LogP contribution in [0.2, 0.25) is 0 Å². The van der Waals surface area contributed by atoms with Gasteiger partial charge in [0.25, 0.3) is 0 Å². The molecular formula is C14H25Cl2N3O2. The summed E-state index contributed by atoms with van der Waals surface area (Å²) in [5, 5.41) is 2.85. The highest BCUT2D eigenvalue weighted by Crippen LogP contribution is 2.21. The van der Waals surface area contributed by atoms with E-state index in [0.717, 1.165) is 11.3 Å². The number of rotatable bonds is 6. The summed E-state index contributed by atoms with van der Waals surface area (Å²) in [6, 6.07) is 7.42. The van der Waals surface area contributed by atoms with Gasteiger partial charge < -0.3 is 20.7 Å². The van der Waals surface area contributed by atoms with Gasteiger partial charge in [-0.1, -0.05) is 12.1 Å². The molecule has 0 aliphatic rings. The number of nitrogens with two attached hydrogens (primary N) is 1. The van der Waals surface area contributed by atoms with Crippen LogP contribution in [-0.4, -0.2) is 44.6 Å². The van der Waals surface area contributed by atoms with Crippen molar-refractivity contribution in [1.82, 2.24) is 10.2 Å². The van der Waals surface area contributed by atoms with E-state index in [0.29, 0.717) is 6.54 Å². The summed E-state index contributed by atoms with van der Waals surface area (Å²) in [5.41, 5.74) is 6.63. The van der Waals surface area contributed by atoms with E-state index in [-0.39, 0.29) is 36.8 Å². The van der Waals surface area contributed by atoms with Gasteiger partial charge in [0.05, 0.1) is 19.2 Å². The van der Waals surface area contributed by atoms with E-state index in [9.17, 15) is 4.79 Å². The normalized spacial score (nSPS) is 12.7. The summed E-state index contributed by atoms with van der Waals surface area (Å²) >= 11 is 0. The predicted octanol–water partition coefficient (Wildman–Crippen LogP) is 1.60. The first-order valence-electron chi connectivity index (χ1n) is 6.29. The molecule has 0 aromatic heterocycles. The molecule has 0 bridgehead atoms. The lowest BCUT2D eigenvalue weighted by Gasteiger charge is -2.25. The van der Waals surface area contributed by atoms with Crippen LogP contribution in [0.3, 0.4) is 0 Å². The van der Waals surface area contributed by atoms with Crippen molar-refractivity contribution in [3.63, 3.8) is 0 Å². The molecule has 0 saturated carbocycles. The average Bonchev–Trinajstić information content (AvgIpc) is 2.38. The molecule has 0 aliphatic carbocycles. The minimum absolute atomic E-state index is 0. The Balaban J connectivity index is 0. The molecule has 0 heterocycles. The lowest BCUT2D eigenvalue weighted by Crippen LogP contribution is -2.42. The zero-order valence-corrected chi connectivity index (χ0v) is 14.5. The number of nitrogens with one attached hydrogen (secondary N) is 1. The molecule has 7 heteroatoms. The van der Waals surface area contributed by atoms with Gasteiger partial charge in [-0.15, -0.1) is 24.8 Å². The first-order chi connectivity index (χ1) is 8.95. The Labute approximate surface area is 139 Å². The highest BCUT2D eigenvalue weighted by molar-refractivity contribution is 5.85. The van der Waals surface area contributed by atoms with Crippen LogP contribution in [0.15, 0.2) is 24.3 Å². The van der Waals surface area contributed by atoms with Gasteiger partial charge >= 0.3 is 0 Å². The topological polar surface area (TPSA) is 67.6 Å². The molecule has 0 radical (unpaired) electrons. The summed E-state index contributed by atoms with van der Waals surface area (Å²) in [7, 11) is 5.59. The molecule has 1 amide bonds. The largest absolute Gasteiger partial charge is 0.497 e. The summed E-state index contributed by atoms with van der Waals surface area (Å²) in [4.78, 5) is 13.6. The molecule has 122 valence electrons. The number of hydrogen-bond donors (Lipinski definition) is 2. The summed E-state index contributed by atoms with van der Waals surface area (Å²) < 4.78 is 5.22. The van der Waals surface area contributed by atoms with Gasteiger partial charge in [-0.05, 0) is 38.7 Å². The van der Waals surface area contributed by atoms with E-state index in [1.807, 2.05) is 38.4 Å². The number of likely N-dealkylation sites (N-methyl/N-ethyl adjacent to an activating group) is 1. The van der Waals surface area contributed by atoms with Crippen molar-refractivity contribution < 1.29 is 9.53 Å². The van der Waals surface area contributed by atoms with Crippen LogP contribution < -0.4 is 15.8 Å². The minimum atomic E-state index is -0.492. The second-order valence-electron chi connectivity index (χ2n) is 4.79. The Kier molecular flexibility index (Phi) is 11.3. The summed E-state index contributed by atoms with van der Waals surface area (Å²) in [6.45, 7) is 2.19. The van der Waals surface area contributed by atoms with Gasteiger partial charge in [0, 0.05) is 6.54 Å². The molecule has 1 aromatic carbocycles. The third-order valence-electron chi connectivity index (χ3n) is 2.99. The molecule has 0 spiro atoms. The van der Waals surface area contributed by atoms with E-state index < -0.39 is 6.04 Å². The molecule has 0 aliphatic heterocycles. The Bertz CT molecular complexity index is 428. The quantitative estimate of drug-likeness (QED) is 0.827. The fourth-order valence-corrected chi connectivity index (χ4v) is 1.81. The van der Waals surface area contributed by atoms with Crippen LogP contribution in [0, 0.1) is 0 Å². The molecule has 21 heavy (non-hydrogen) atoms. The Morgan fingerprint density at radius 3 is 2.48 bits per heavy atom. The van der Waals surface area contributed by atoms with Crippen molar-refractivity contribution in [2.75, 3.05) is 27.7 Å². The van der Waals surface area contributed by atoms with Crippen molar-refractivity contribution in [3.8, 4) is 5.75 Å². The van der Waals surface area contributed by atoms with Crippen molar-refractivity contribution in [1.29, 1.82) is 0 Å². The first-order valence-corrected chi connectivity index (χ1v) is 6.29. The van der Waals surface area contributed by atoms with E-state index in [1.54, 1.807) is 14.0 Å². The SMILES string of the molecule is COc1cccc(C(CNC(=O)[C@H](C)N)N(C)C)c1.Cl.Cl. The number of hydrogen-bond acceptors (Lipinski definition) is 4. The van der Waals surface area contributed by atoms with E-state index in [1.165, 1.54) is 0 Å². The molecule has 2 atom stereocenters. The highest BCUT2D eigenvalue weighted by atomic mass is 35.5. The van der Waals surface area contributed by atoms with Gasteiger partial charge in [-0.2, -0.15) is 0 Å². The van der Waals surface area contributed by atoms with Gasteiger partial charge in [-0.3, -0.25) is 4.79 Å². The van der Waals surface area contributed by atoms with E-state index in [2.05, 4.69) is 10.2 Å². The summed E-state index contributed by atoms with van der Waals surface area (Å²) in [6.07, 6.45) is 0. The number of ether oxygens (including phenoxy) is 1. The minimum Gasteiger partial charge on any atom is -0.497 e. The van der Waals surface area contributed by atoms with Crippen LogP contribution in [-0.2, 0) is 4.79 Å². The molecule has 1 aromatic rings. The fraction of sp³-hybridized carbons (Fsp3) is 0.500. The highest BCUT2D eigenvalue weighted by Gasteiger charge is 2.16. The zero-order valence-electron chi connectivity index (χ0n) is 12.8. The molecule has 3 N–H and O–H groups in total. The van der Waals surface area contributed by atoms with Crippen LogP contribution in [0.4, 0.5) is 0 Å². The number of amides is 1. The molecule has 0 fully saturated rings. The van der Waals surface area contributed by atoms with Gasteiger partial charge in [0.15, 0.2) is 0 Å². The third kappa shape index (κ3) is 7.00. The van der Waals surface area contributed by atoms with E-state index in [4.69, 9.17) is 10.5 Å². The zero-order chi connectivity index (χ0) is 14.4. The number of carbonyl (C=O) groups is 1. The van der Waals surface area contributed by atoms with Crippen LogP contribution in [0.5, 0.6) is 5.75 Å². The molecule has 5 nitrogen and oxygen atoms in total. The fourth-order valence-electron chi connectivity index (χ4n) is 1.81. The molecule has 1 rings (SSSR count).